The first-order valence-corrected chi connectivity index (χ1v) is 5.72. The molecule has 3 N–H and O–H groups in total. The molecule has 1 aliphatic rings. The van der Waals surface area contributed by atoms with Crippen LogP contribution in [0.3, 0.4) is 0 Å². The first kappa shape index (κ1) is 10.4. The van der Waals surface area contributed by atoms with Crippen LogP contribution in [0.2, 0.25) is 0 Å². The van der Waals surface area contributed by atoms with Crippen molar-refractivity contribution in [1.29, 1.82) is 0 Å². The van der Waals surface area contributed by atoms with Gasteiger partial charge in [0.1, 0.15) is 5.82 Å². The number of nitrogens with one attached hydrogen (secondary N) is 2. The van der Waals surface area contributed by atoms with Crippen molar-refractivity contribution < 1.29 is 5.11 Å². The number of aromatic amines is 1. The van der Waals surface area contributed by atoms with E-state index in [1.54, 1.807) is 0 Å². The number of aliphatic hydroxyl groups excluding tert-OH is 1. The van der Waals surface area contributed by atoms with Gasteiger partial charge in [-0.2, -0.15) is 5.10 Å². The van der Waals surface area contributed by atoms with Crippen molar-refractivity contribution in [3.63, 3.8) is 0 Å². The number of rotatable bonds is 2. The number of β-amino-alcohol motifs (C(OH)–C–C–N with tert-alkyl or cyclic N) is 1. The Labute approximate surface area is 98.9 Å². The maximum absolute atomic E-state index is 9.46. The van der Waals surface area contributed by atoms with Gasteiger partial charge in [0.2, 0.25) is 0 Å². The van der Waals surface area contributed by atoms with Crippen molar-refractivity contribution >= 4 is 0 Å². The molecular weight excluding hydrogens is 216 g/mol. The van der Waals surface area contributed by atoms with Gasteiger partial charge < -0.3 is 10.4 Å². The van der Waals surface area contributed by atoms with Crippen LogP contribution in [0.25, 0.3) is 11.4 Å². The normalized spacial score (nSPS) is 24.1. The van der Waals surface area contributed by atoms with Crippen LogP contribution in [0.4, 0.5) is 0 Å². The second-order valence-electron chi connectivity index (χ2n) is 4.26. The Kier molecular flexibility index (Phi) is 2.62. The van der Waals surface area contributed by atoms with E-state index in [-0.39, 0.29) is 12.1 Å². The summed E-state index contributed by atoms with van der Waals surface area (Å²) < 4.78 is 0. The number of hydrogen-bond acceptors (Lipinski definition) is 4. The minimum atomic E-state index is -0.287. The Balaban J connectivity index is 1.84. The average molecular weight is 230 g/mol. The summed E-state index contributed by atoms with van der Waals surface area (Å²) in [5.74, 6) is 1.49. The molecule has 3 rings (SSSR count). The van der Waals surface area contributed by atoms with Crippen LogP contribution < -0.4 is 5.32 Å². The zero-order chi connectivity index (χ0) is 11.7. The molecule has 0 spiro atoms. The van der Waals surface area contributed by atoms with Crippen LogP contribution >= 0.6 is 0 Å². The fourth-order valence-corrected chi connectivity index (χ4v) is 2.07. The Morgan fingerprint density at radius 1 is 1.24 bits per heavy atom. The third-order valence-electron chi connectivity index (χ3n) is 2.97. The van der Waals surface area contributed by atoms with Gasteiger partial charge in [0, 0.05) is 12.1 Å². The Morgan fingerprint density at radius 3 is 2.76 bits per heavy atom. The van der Waals surface area contributed by atoms with E-state index in [2.05, 4.69) is 20.5 Å². The van der Waals surface area contributed by atoms with Gasteiger partial charge in [-0.05, 0) is 6.42 Å². The summed E-state index contributed by atoms with van der Waals surface area (Å²) in [7, 11) is 0. The molecule has 1 saturated heterocycles. The number of aliphatic hydroxyl groups is 1. The molecular formula is C12H14N4O. The van der Waals surface area contributed by atoms with Gasteiger partial charge in [0.05, 0.1) is 12.1 Å². The van der Waals surface area contributed by atoms with Crippen molar-refractivity contribution in [3.8, 4) is 11.4 Å². The van der Waals surface area contributed by atoms with Crippen LogP contribution in [-0.4, -0.2) is 32.9 Å². The van der Waals surface area contributed by atoms with E-state index in [0.29, 0.717) is 18.8 Å². The summed E-state index contributed by atoms with van der Waals surface area (Å²) in [5, 5.41) is 19.8. The molecule has 1 fully saturated rings. The molecule has 2 heterocycles. The molecule has 5 heteroatoms. The van der Waals surface area contributed by atoms with E-state index in [4.69, 9.17) is 0 Å². The third kappa shape index (κ3) is 2.07. The number of aromatic nitrogens is 3. The van der Waals surface area contributed by atoms with Crippen LogP contribution in [0.5, 0.6) is 0 Å². The van der Waals surface area contributed by atoms with Crippen molar-refractivity contribution in [2.24, 2.45) is 0 Å². The smallest absolute Gasteiger partial charge is 0.181 e. The molecule has 17 heavy (non-hydrogen) atoms. The first-order valence-electron chi connectivity index (χ1n) is 5.72. The van der Waals surface area contributed by atoms with Gasteiger partial charge in [-0.25, -0.2) is 4.98 Å². The number of H-pyrrole nitrogens is 1. The lowest BCUT2D eigenvalue weighted by atomic mass is 10.2. The molecule has 1 aromatic heterocycles. The van der Waals surface area contributed by atoms with Crippen molar-refractivity contribution in [2.75, 3.05) is 6.54 Å². The van der Waals surface area contributed by atoms with Crippen molar-refractivity contribution in [2.45, 2.75) is 18.6 Å². The summed E-state index contributed by atoms with van der Waals surface area (Å²) >= 11 is 0. The number of hydrogen-bond donors (Lipinski definition) is 3. The molecule has 88 valence electrons. The Morgan fingerprint density at radius 2 is 2.06 bits per heavy atom. The lowest BCUT2D eigenvalue weighted by Gasteiger charge is -2.03. The molecule has 1 aliphatic heterocycles. The van der Waals surface area contributed by atoms with Crippen LogP contribution in [-0.2, 0) is 0 Å². The molecule has 1 aromatic carbocycles. The largest absolute Gasteiger partial charge is 0.392 e. The molecule has 0 radical (unpaired) electrons. The van der Waals surface area contributed by atoms with E-state index in [1.165, 1.54) is 0 Å². The zero-order valence-electron chi connectivity index (χ0n) is 9.30. The molecule has 0 bridgehead atoms. The SMILES string of the molecule is O[C@H]1CN[C@H](c2nc(-c3ccccc3)n[nH]2)C1. The minimum absolute atomic E-state index is 0.0787. The highest BCUT2D eigenvalue weighted by atomic mass is 16.3. The highest BCUT2D eigenvalue weighted by molar-refractivity contribution is 5.53. The van der Waals surface area contributed by atoms with Gasteiger partial charge in [-0.1, -0.05) is 30.3 Å². The van der Waals surface area contributed by atoms with Gasteiger partial charge in [0.25, 0.3) is 0 Å². The third-order valence-corrected chi connectivity index (χ3v) is 2.97. The maximum atomic E-state index is 9.46. The number of nitrogens with zero attached hydrogens (tertiary/aromatic N) is 2. The van der Waals surface area contributed by atoms with Gasteiger partial charge >= 0.3 is 0 Å². The first-order chi connectivity index (χ1) is 8.33. The summed E-state index contributed by atoms with van der Waals surface area (Å²) in [5.41, 5.74) is 0.994. The molecule has 0 aliphatic carbocycles. The van der Waals surface area contributed by atoms with Crippen LogP contribution in [0.1, 0.15) is 18.3 Å². The second-order valence-corrected chi connectivity index (χ2v) is 4.26. The predicted molar refractivity (Wildman–Crippen MR) is 63.2 cm³/mol. The van der Waals surface area contributed by atoms with E-state index in [0.717, 1.165) is 11.4 Å². The Hall–Kier alpha value is -1.72. The van der Waals surface area contributed by atoms with Gasteiger partial charge in [-0.3, -0.25) is 5.10 Å². The minimum Gasteiger partial charge on any atom is -0.392 e. The fraction of sp³-hybridized carbons (Fsp3) is 0.333. The molecule has 0 amide bonds. The quantitative estimate of drug-likeness (QED) is 0.715. The summed E-state index contributed by atoms with van der Waals surface area (Å²) in [6, 6.07) is 9.92. The standard InChI is InChI=1S/C12H14N4O/c17-9-6-10(13-7-9)12-14-11(15-16-12)8-4-2-1-3-5-8/h1-5,9-10,13,17H,6-7H2,(H,14,15,16)/t9-,10+/m1/s1. The van der Waals surface area contributed by atoms with E-state index >= 15 is 0 Å². The van der Waals surface area contributed by atoms with E-state index in [1.807, 2.05) is 30.3 Å². The predicted octanol–water partition coefficient (Wildman–Crippen LogP) is 0.867. The van der Waals surface area contributed by atoms with Gasteiger partial charge in [0.15, 0.2) is 5.82 Å². The fourth-order valence-electron chi connectivity index (χ4n) is 2.07. The average Bonchev–Trinajstić information content (AvgIpc) is 2.98. The summed E-state index contributed by atoms with van der Waals surface area (Å²) in [4.78, 5) is 4.46. The topological polar surface area (TPSA) is 73.8 Å². The highest BCUT2D eigenvalue weighted by Crippen LogP contribution is 2.22. The van der Waals surface area contributed by atoms with Gasteiger partial charge in [-0.15, -0.1) is 0 Å². The zero-order valence-corrected chi connectivity index (χ0v) is 9.30. The van der Waals surface area contributed by atoms with Crippen LogP contribution in [0.15, 0.2) is 30.3 Å². The lowest BCUT2D eigenvalue weighted by Crippen LogP contribution is -2.15. The summed E-state index contributed by atoms with van der Waals surface area (Å²) in [6.45, 7) is 0.617. The second kappa shape index (κ2) is 4.27. The molecule has 0 unspecified atom stereocenters. The number of benzene rings is 1. The monoisotopic (exact) mass is 230 g/mol. The van der Waals surface area contributed by atoms with Crippen LogP contribution in [0, 0.1) is 0 Å². The summed E-state index contributed by atoms with van der Waals surface area (Å²) in [6.07, 6.45) is 0.397. The van der Waals surface area contributed by atoms with Crippen molar-refractivity contribution in [3.05, 3.63) is 36.2 Å². The molecule has 5 nitrogen and oxygen atoms in total. The molecule has 2 aromatic rings. The molecule has 0 saturated carbocycles. The van der Waals surface area contributed by atoms with E-state index in [9.17, 15) is 5.11 Å². The van der Waals surface area contributed by atoms with Crippen molar-refractivity contribution in [1.82, 2.24) is 20.5 Å². The Bertz CT molecular complexity index is 496. The lowest BCUT2D eigenvalue weighted by molar-refractivity contribution is 0.193. The maximum Gasteiger partial charge on any atom is 0.181 e. The highest BCUT2D eigenvalue weighted by Gasteiger charge is 2.26. The molecule has 2 atom stereocenters. The van der Waals surface area contributed by atoms with E-state index < -0.39 is 0 Å².